The number of rotatable bonds is 2. The van der Waals surface area contributed by atoms with Crippen molar-refractivity contribution in [1.29, 1.82) is 0 Å². The standard InChI is InChI=1S/C41H50O14/c42-39-33-3-1-2-4-34(33)40(43)41(39,31-5-7-35-37(29-31)54-27-23-50-19-15-46-11-9-44-13-17-48-21-25-52-35)32-6-8-36-38(30-32)55-28-24-51-20-16-47-12-10-45-14-18-49-22-26-53-36/h1-8,29-30H,9-28H2. The third-order valence-corrected chi connectivity index (χ3v) is 9.02. The van der Waals surface area contributed by atoms with E-state index in [1.54, 1.807) is 60.7 Å². The molecule has 0 fully saturated rings. The highest BCUT2D eigenvalue weighted by atomic mass is 16.6. The van der Waals surface area contributed by atoms with Crippen molar-refractivity contribution in [3.8, 4) is 23.0 Å². The summed E-state index contributed by atoms with van der Waals surface area (Å²) >= 11 is 0. The van der Waals surface area contributed by atoms with Gasteiger partial charge in [0.25, 0.3) is 0 Å². The van der Waals surface area contributed by atoms with Gasteiger partial charge in [-0.3, -0.25) is 9.59 Å². The lowest BCUT2D eigenvalue weighted by atomic mass is 9.70. The van der Waals surface area contributed by atoms with Crippen LogP contribution >= 0.6 is 0 Å². The Morgan fingerprint density at radius 3 is 0.909 bits per heavy atom. The lowest BCUT2D eigenvalue weighted by Gasteiger charge is -2.29. The molecule has 6 rings (SSSR count). The van der Waals surface area contributed by atoms with E-state index < -0.39 is 5.41 Å². The van der Waals surface area contributed by atoms with Crippen LogP contribution in [0.1, 0.15) is 31.8 Å². The monoisotopic (exact) mass is 766 g/mol. The van der Waals surface area contributed by atoms with E-state index in [2.05, 4.69) is 0 Å². The van der Waals surface area contributed by atoms with E-state index in [-0.39, 0.29) is 51.2 Å². The summed E-state index contributed by atoms with van der Waals surface area (Å²) in [5, 5.41) is 0. The lowest BCUT2D eigenvalue weighted by Crippen LogP contribution is -2.39. The molecule has 0 aromatic heterocycles. The minimum absolute atomic E-state index is 0.184. The molecule has 298 valence electrons. The molecular weight excluding hydrogens is 716 g/mol. The van der Waals surface area contributed by atoms with Gasteiger partial charge in [-0.2, -0.15) is 0 Å². The Labute approximate surface area is 321 Å². The van der Waals surface area contributed by atoms with Gasteiger partial charge in [-0.15, -0.1) is 0 Å². The van der Waals surface area contributed by atoms with Crippen molar-refractivity contribution in [2.75, 3.05) is 132 Å². The average molecular weight is 767 g/mol. The van der Waals surface area contributed by atoms with Crippen molar-refractivity contribution in [3.63, 3.8) is 0 Å². The Morgan fingerprint density at radius 1 is 0.327 bits per heavy atom. The molecular formula is C41H50O14. The second-order valence-electron chi connectivity index (χ2n) is 12.6. The van der Waals surface area contributed by atoms with Crippen molar-refractivity contribution < 1.29 is 66.4 Å². The summed E-state index contributed by atoms with van der Waals surface area (Å²) in [5.41, 5.74) is -0.301. The minimum Gasteiger partial charge on any atom is -0.487 e. The first kappa shape index (κ1) is 40.5. The molecule has 14 heteroatoms. The Bertz CT molecular complexity index is 1540. The van der Waals surface area contributed by atoms with Gasteiger partial charge < -0.3 is 56.8 Å². The van der Waals surface area contributed by atoms with Crippen LogP contribution in [-0.2, 0) is 43.3 Å². The fourth-order valence-corrected chi connectivity index (χ4v) is 6.39. The normalized spacial score (nSPS) is 20.6. The van der Waals surface area contributed by atoms with E-state index in [0.29, 0.717) is 138 Å². The van der Waals surface area contributed by atoms with E-state index in [1.165, 1.54) is 0 Å². The number of carbonyl (C=O) groups is 2. The molecule has 14 nitrogen and oxygen atoms in total. The summed E-state index contributed by atoms with van der Waals surface area (Å²) in [4.78, 5) is 29.5. The smallest absolute Gasteiger partial charge is 0.186 e. The average Bonchev–Trinajstić information content (AvgIpc) is 3.43. The topological polar surface area (TPSA) is 145 Å². The first-order chi connectivity index (χ1) is 27.2. The highest BCUT2D eigenvalue weighted by molar-refractivity contribution is 6.35. The van der Waals surface area contributed by atoms with Crippen molar-refractivity contribution in [2.24, 2.45) is 0 Å². The third-order valence-electron chi connectivity index (χ3n) is 9.02. The first-order valence-electron chi connectivity index (χ1n) is 18.8. The van der Waals surface area contributed by atoms with Crippen molar-refractivity contribution in [2.45, 2.75) is 5.41 Å². The molecule has 3 aliphatic rings. The zero-order valence-electron chi connectivity index (χ0n) is 31.1. The first-order valence-corrected chi connectivity index (χ1v) is 18.8. The molecule has 0 N–H and O–H groups in total. The van der Waals surface area contributed by atoms with Crippen LogP contribution in [0.2, 0.25) is 0 Å². The molecule has 3 aromatic rings. The van der Waals surface area contributed by atoms with Crippen LogP contribution in [0.25, 0.3) is 0 Å². The fraction of sp³-hybridized carbons (Fsp3) is 0.512. The fourth-order valence-electron chi connectivity index (χ4n) is 6.39. The predicted molar refractivity (Wildman–Crippen MR) is 197 cm³/mol. The van der Waals surface area contributed by atoms with E-state index >= 15 is 0 Å². The van der Waals surface area contributed by atoms with E-state index in [0.717, 1.165) is 0 Å². The van der Waals surface area contributed by atoms with Crippen LogP contribution in [0.4, 0.5) is 0 Å². The van der Waals surface area contributed by atoms with E-state index in [9.17, 15) is 9.59 Å². The number of Topliss-reactive ketones (excluding diaryl/α,β-unsaturated/α-hetero) is 2. The molecule has 2 aliphatic heterocycles. The quantitative estimate of drug-likeness (QED) is 0.350. The van der Waals surface area contributed by atoms with Crippen molar-refractivity contribution in [1.82, 2.24) is 0 Å². The van der Waals surface area contributed by atoms with Gasteiger partial charge in [-0.05, 0) is 35.4 Å². The van der Waals surface area contributed by atoms with Gasteiger partial charge in [0.15, 0.2) is 34.6 Å². The van der Waals surface area contributed by atoms with Gasteiger partial charge in [0, 0.05) is 11.1 Å². The minimum atomic E-state index is -1.77. The van der Waals surface area contributed by atoms with Crippen LogP contribution in [0, 0.1) is 0 Å². The summed E-state index contributed by atoms with van der Waals surface area (Å²) in [6.07, 6.45) is 0. The predicted octanol–water partition coefficient (Wildman–Crippen LogP) is 3.73. The van der Waals surface area contributed by atoms with Crippen molar-refractivity contribution >= 4 is 11.6 Å². The van der Waals surface area contributed by atoms with Gasteiger partial charge in [-0.1, -0.05) is 36.4 Å². The Morgan fingerprint density at radius 2 is 0.600 bits per heavy atom. The molecule has 55 heavy (non-hydrogen) atoms. The SMILES string of the molecule is O=C1c2ccccc2C(=O)C1(c1ccc2c(c1)OCCOCCOCCOCCOCCO2)c1ccc2c(c1)OCCOCCOCCOCCOCCO2. The Balaban J connectivity index is 1.33. The van der Waals surface area contributed by atoms with Gasteiger partial charge in [0.2, 0.25) is 0 Å². The highest BCUT2D eigenvalue weighted by Crippen LogP contribution is 2.48. The largest absolute Gasteiger partial charge is 0.487 e. The van der Waals surface area contributed by atoms with E-state index in [1.807, 2.05) is 0 Å². The molecule has 0 unspecified atom stereocenters. The molecule has 2 heterocycles. The number of fused-ring (bicyclic) bond motifs is 3. The summed E-state index contributed by atoms with van der Waals surface area (Å²) in [7, 11) is 0. The molecule has 0 saturated carbocycles. The summed E-state index contributed by atoms with van der Waals surface area (Å²) < 4.78 is 69.6. The maximum Gasteiger partial charge on any atom is 0.186 e. The van der Waals surface area contributed by atoms with Crippen LogP contribution in [-0.4, -0.2) is 144 Å². The van der Waals surface area contributed by atoms with Crippen molar-refractivity contribution in [3.05, 3.63) is 82.9 Å². The molecule has 0 bridgehead atoms. The van der Waals surface area contributed by atoms with Crippen LogP contribution in [0.3, 0.4) is 0 Å². The third kappa shape index (κ3) is 10.8. The number of benzene rings is 3. The van der Waals surface area contributed by atoms with Gasteiger partial charge in [0.05, 0.1) is 106 Å². The van der Waals surface area contributed by atoms with Crippen LogP contribution in [0.15, 0.2) is 60.7 Å². The number of carbonyl (C=O) groups excluding carboxylic acids is 2. The van der Waals surface area contributed by atoms with E-state index in [4.69, 9.17) is 56.8 Å². The Hall–Kier alpha value is -4.12. The number of ketones is 2. The van der Waals surface area contributed by atoms with Gasteiger partial charge in [0.1, 0.15) is 31.8 Å². The van der Waals surface area contributed by atoms with Gasteiger partial charge >= 0.3 is 0 Å². The van der Waals surface area contributed by atoms with Crippen LogP contribution < -0.4 is 18.9 Å². The zero-order valence-corrected chi connectivity index (χ0v) is 31.1. The molecule has 0 atom stereocenters. The summed E-state index contributed by atoms with van der Waals surface area (Å²) in [5.74, 6) is 0.815. The maximum absolute atomic E-state index is 14.8. The summed E-state index contributed by atoms with van der Waals surface area (Å²) in [6, 6.07) is 17.1. The zero-order chi connectivity index (χ0) is 38.0. The summed E-state index contributed by atoms with van der Waals surface area (Å²) in [6.45, 7) is 7.16. The highest BCUT2D eigenvalue weighted by Gasteiger charge is 2.56. The molecule has 0 amide bonds. The molecule has 0 radical (unpaired) electrons. The van der Waals surface area contributed by atoms with Gasteiger partial charge in [-0.25, -0.2) is 0 Å². The maximum atomic E-state index is 14.8. The molecule has 3 aromatic carbocycles. The van der Waals surface area contributed by atoms with Crippen LogP contribution in [0.5, 0.6) is 23.0 Å². The number of ether oxygens (including phenoxy) is 12. The molecule has 1 aliphatic carbocycles. The Kier molecular flexibility index (Phi) is 16.1. The number of hydrogen-bond donors (Lipinski definition) is 0. The molecule has 0 saturated heterocycles. The number of hydrogen-bond acceptors (Lipinski definition) is 14. The second-order valence-corrected chi connectivity index (χ2v) is 12.6. The molecule has 0 spiro atoms. The second kappa shape index (κ2) is 21.8. The lowest BCUT2D eigenvalue weighted by molar-refractivity contribution is -0.00843.